The molecule has 7 nitrogen and oxygen atoms in total. The summed E-state index contributed by atoms with van der Waals surface area (Å²) < 4.78 is 6.79. The van der Waals surface area contributed by atoms with Gasteiger partial charge in [0.15, 0.2) is 5.75 Å². The van der Waals surface area contributed by atoms with Crippen LogP contribution in [0.3, 0.4) is 0 Å². The summed E-state index contributed by atoms with van der Waals surface area (Å²) in [5.41, 5.74) is 5.98. The maximum absolute atomic E-state index is 10.7. The van der Waals surface area contributed by atoms with Crippen LogP contribution < -0.4 is 10.5 Å². The number of carboxylic acids is 1. The molecule has 1 aromatic carbocycles. The van der Waals surface area contributed by atoms with Gasteiger partial charge in [0.2, 0.25) is 0 Å². The molecule has 0 saturated heterocycles. The molecule has 88 valence electrons. The average molecular weight is 234 g/mol. The summed E-state index contributed by atoms with van der Waals surface area (Å²) in [5.74, 6) is -0.722. The molecule has 2 rings (SSSR count). The van der Waals surface area contributed by atoms with Crippen molar-refractivity contribution in [2.45, 2.75) is 0 Å². The molecule has 0 atom stereocenters. The Morgan fingerprint density at radius 2 is 2.29 bits per heavy atom. The zero-order valence-corrected chi connectivity index (χ0v) is 8.99. The summed E-state index contributed by atoms with van der Waals surface area (Å²) in [6, 6.07) is 4.34. The molecule has 0 fully saturated rings. The van der Waals surface area contributed by atoms with Gasteiger partial charge in [-0.3, -0.25) is 4.68 Å². The van der Waals surface area contributed by atoms with E-state index in [1.807, 2.05) is 0 Å². The maximum Gasteiger partial charge on any atom is 0.341 e. The second kappa shape index (κ2) is 4.12. The average Bonchev–Trinajstić information content (AvgIpc) is 2.67. The SMILES string of the molecule is Cn1cnc(Oc2ccc(C(=O)O)cc2N)n1. The number of benzene rings is 1. The molecule has 0 aliphatic rings. The van der Waals surface area contributed by atoms with Gasteiger partial charge in [0.25, 0.3) is 0 Å². The molecular formula is C10H10N4O3. The summed E-state index contributed by atoms with van der Waals surface area (Å²) in [5, 5.41) is 12.7. The van der Waals surface area contributed by atoms with Crippen molar-refractivity contribution in [2.24, 2.45) is 7.05 Å². The summed E-state index contributed by atoms with van der Waals surface area (Å²) in [6.07, 6.45) is 1.48. The summed E-state index contributed by atoms with van der Waals surface area (Å²) >= 11 is 0. The van der Waals surface area contributed by atoms with E-state index in [2.05, 4.69) is 10.1 Å². The number of hydrogen-bond acceptors (Lipinski definition) is 5. The van der Waals surface area contributed by atoms with Gasteiger partial charge in [-0.05, 0) is 18.2 Å². The van der Waals surface area contributed by atoms with Gasteiger partial charge < -0.3 is 15.6 Å². The van der Waals surface area contributed by atoms with Crippen LogP contribution in [0.5, 0.6) is 11.8 Å². The van der Waals surface area contributed by atoms with E-state index >= 15 is 0 Å². The number of aryl methyl sites for hydroxylation is 1. The Bertz CT molecular complexity index is 564. The molecule has 0 amide bonds. The highest BCUT2D eigenvalue weighted by Gasteiger charge is 2.09. The Kier molecular flexibility index (Phi) is 2.65. The molecule has 1 aromatic heterocycles. The van der Waals surface area contributed by atoms with Gasteiger partial charge in [0.1, 0.15) is 6.33 Å². The first-order chi connectivity index (χ1) is 8.06. The number of anilines is 1. The molecule has 0 saturated carbocycles. The molecule has 0 unspecified atom stereocenters. The molecule has 3 N–H and O–H groups in total. The minimum absolute atomic E-state index is 0.101. The van der Waals surface area contributed by atoms with Crippen molar-refractivity contribution in [3.63, 3.8) is 0 Å². The zero-order valence-electron chi connectivity index (χ0n) is 8.99. The summed E-state index contributed by atoms with van der Waals surface area (Å²) in [4.78, 5) is 14.6. The molecule has 0 aliphatic heterocycles. The van der Waals surface area contributed by atoms with E-state index in [4.69, 9.17) is 15.6 Å². The fraction of sp³-hybridized carbons (Fsp3) is 0.100. The molecule has 7 heteroatoms. The number of carboxylic acid groups (broad SMARTS) is 1. The second-order valence-electron chi connectivity index (χ2n) is 3.36. The topological polar surface area (TPSA) is 103 Å². The van der Waals surface area contributed by atoms with E-state index in [1.165, 1.54) is 29.2 Å². The zero-order chi connectivity index (χ0) is 12.4. The van der Waals surface area contributed by atoms with Crippen molar-refractivity contribution in [3.8, 4) is 11.8 Å². The Balaban J connectivity index is 2.25. The van der Waals surface area contributed by atoms with Crippen LogP contribution in [0.4, 0.5) is 5.69 Å². The van der Waals surface area contributed by atoms with Crippen LogP contribution in [0.15, 0.2) is 24.5 Å². The quantitative estimate of drug-likeness (QED) is 0.764. The predicted octanol–water partition coefficient (Wildman–Crippen LogP) is 0.888. The van der Waals surface area contributed by atoms with Crippen LogP contribution in [-0.4, -0.2) is 25.8 Å². The van der Waals surface area contributed by atoms with Gasteiger partial charge in [-0.2, -0.15) is 4.98 Å². The third-order valence-corrected chi connectivity index (χ3v) is 2.04. The third-order valence-electron chi connectivity index (χ3n) is 2.04. The van der Waals surface area contributed by atoms with E-state index in [-0.39, 0.29) is 17.3 Å². The number of aromatic nitrogens is 3. The van der Waals surface area contributed by atoms with Crippen LogP contribution in [0, 0.1) is 0 Å². The van der Waals surface area contributed by atoms with Gasteiger partial charge in [0.05, 0.1) is 11.3 Å². The predicted molar refractivity (Wildman–Crippen MR) is 58.9 cm³/mol. The Morgan fingerprint density at radius 1 is 1.53 bits per heavy atom. The van der Waals surface area contributed by atoms with Crippen LogP contribution in [0.1, 0.15) is 10.4 Å². The number of aromatic carboxylic acids is 1. The van der Waals surface area contributed by atoms with Crippen molar-refractivity contribution in [2.75, 3.05) is 5.73 Å². The number of carbonyl (C=O) groups is 1. The number of nitrogen functional groups attached to an aromatic ring is 1. The smallest absolute Gasteiger partial charge is 0.341 e. The van der Waals surface area contributed by atoms with Crippen molar-refractivity contribution in [1.29, 1.82) is 0 Å². The highest BCUT2D eigenvalue weighted by Crippen LogP contribution is 2.26. The standard InChI is InChI=1S/C10H10N4O3/c1-14-5-12-10(13-14)17-8-3-2-6(9(15)16)4-7(8)11/h2-5H,11H2,1H3,(H,15,16). The lowest BCUT2D eigenvalue weighted by Gasteiger charge is -2.05. The first-order valence-corrected chi connectivity index (χ1v) is 4.72. The molecule has 0 aliphatic carbocycles. The molecule has 2 aromatic rings. The van der Waals surface area contributed by atoms with Gasteiger partial charge >= 0.3 is 12.0 Å². The summed E-state index contributed by atoms with van der Waals surface area (Å²) in [6.45, 7) is 0. The van der Waals surface area contributed by atoms with Crippen LogP contribution in [-0.2, 0) is 7.05 Å². The van der Waals surface area contributed by atoms with Crippen LogP contribution in [0.25, 0.3) is 0 Å². The lowest BCUT2D eigenvalue weighted by atomic mass is 10.2. The van der Waals surface area contributed by atoms with Gasteiger partial charge in [-0.25, -0.2) is 4.79 Å². The van der Waals surface area contributed by atoms with E-state index in [0.29, 0.717) is 5.75 Å². The van der Waals surface area contributed by atoms with Crippen LogP contribution >= 0.6 is 0 Å². The minimum atomic E-state index is -1.04. The first-order valence-electron chi connectivity index (χ1n) is 4.72. The molecule has 1 heterocycles. The normalized spacial score (nSPS) is 10.2. The first kappa shape index (κ1) is 10.9. The lowest BCUT2D eigenvalue weighted by Crippen LogP contribution is -2.00. The highest BCUT2D eigenvalue weighted by molar-refractivity contribution is 5.89. The number of ether oxygens (including phenoxy) is 1. The highest BCUT2D eigenvalue weighted by atomic mass is 16.5. The Morgan fingerprint density at radius 3 is 2.82 bits per heavy atom. The van der Waals surface area contributed by atoms with Crippen molar-refractivity contribution in [1.82, 2.24) is 14.8 Å². The van der Waals surface area contributed by atoms with E-state index in [1.54, 1.807) is 7.05 Å². The third kappa shape index (κ3) is 2.33. The molecular weight excluding hydrogens is 224 g/mol. The number of rotatable bonds is 3. The number of hydrogen-bond donors (Lipinski definition) is 2. The fourth-order valence-corrected chi connectivity index (χ4v) is 1.24. The summed E-state index contributed by atoms with van der Waals surface area (Å²) in [7, 11) is 1.71. The van der Waals surface area contributed by atoms with Gasteiger partial charge in [-0.15, -0.1) is 5.10 Å². The largest absolute Gasteiger partial charge is 0.478 e. The van der Waals surface area contributed by atoms with E-state index < -0.39 is 5.97 Å². The maximum atomic E-state index is 10.7. The molecule has 17 heavy (non-hydrogen) atoms. The minimum Gasteiger partial charge on any atom is -0.478 e. The Labute approximate surface area is 96.5 Å². The molecule has 0 radical (unpaired) electrons. The van der Waals surface area contributed by atoms with E-state index in [0.717, 1.165) is 0 Å². The fourth-order valence-electron chi connectivity index (χ4n) is 1.24. The molecule has 0 spiro atoms. The monoisotopic (exact) mass is 234 g/mol. The second-order valence-corrected chi connectivity index (χ2v) is 3.36. The molecule has 0 bridgehead atoms. The lowest BCUT2D eigenvalue weighted by molar-refractivity contribution is 0.0697. The number of nitrogens with two attached hydrogens (primary N) is 1. The van der Waals surface area contributed by atoms with Crippen molar-refractivity contribution < 1.29 is 14.6 Å². The van der Waals surface area contributed by atoms with Gasteiger partial charge in [-0.1, -0.05) is 0 Å². The number of nitrogens with zero attached hydrogens (tertiary/aromatic N) is 3. The Hall–Kier alpha value is -2.57. The van der Waals surface area contributed by atoms with Gasteiger partial charge in [0, 0.05) is 7.05 Å². The van der Waals surface area contributed by atoms with Crippen molar-refractivity contribution >= 4 is 11.7 Å². The van der Waals surface area contributed by atoms with E-state index in [9.17, 15) is 4.79 Å². The van der Waals surface area contributed by atoms with Crippen molar-refractivity contribution in [3.05, 3.63) is 30.1 Å². The van der Waals surface area contributed by atoms with Crippen LogP contribution in [0.2, 0.25) is 0 Å².